The number of likely N-dealkylation sites (tertiary alicyclic amines) is 1. The van der Waals surface area contributed by atoms with Crippen LogP contribution in [-0.2, 0) is 0 Å². The summed E-state index contributed by atoms with van der Waals surface area (Å²) in [6.07, 6.45) is 0.929. The first kappa shape index (κ1) is 11.0. The van der Waals surface area contributed by atoms with Crippen molar-refractivity contribution in [3.05, 3.63) is 11.1 Å². The molecule has 0 spiro atoms. The Morgan fingerprint density at radius 2 is 2.46 bits per heavy atom. The Labute approximate surface area is 85.2 Å². The van der Waals surface area contributed by atoms with Gasteiger partial charge in [0.25, 0.3) is 0 Å². The number of nitrogens with zero attached hydrogens (tertiary/aromatic N) is 1. The van der Waals surface area contributed by atoms with Gasteiger partial charge in [0.15, 0.2) is 0 Å². The fourth-order valence-electron chi connectivity index (χ4n) is 1.79. The molecule has 1 saturated heterocycles. The topological polar surface area (TPSA) is 23.5 Å². The minimum Gasteiger partial charge on any atom is -0.393 e. The second-order valence-corrected chi connectivity index (χ2v) is 4.20. The lowest BCUT2D eigenvalue weighted by Crippen LogP contribution is -2.25. The van der Waals surface area contributed by atoms with Crippen molar-refractivity contribution in [1.29, 1.82) is 0 Å². The van der Waals surface area contributed by atoms with Crippen molar-refractivity contribution >= 4 is 11.6 Å². The molecule has 0 bridgehead atoms. The number of halogens is 1. The molecule has 2 nitrogen and oxygen atoms in total. The van der Waals surface area contributed by atoms with Gasteiger partial charge in [0.05, 0.1) is 6.10 Å². The molecule has 0 radical (unpaired) electrons. The van der Waals surface area contributed by atoms with Gasteiger partial charge in [0.2, 0.25) is 0 Å². The zero-order valence-electron chi connectivity index (χ0n) is 8.33. The van der Waals surface area contributed by atoms with Gasteiger partial charge in [-0.15, -0.1) is 0 Å². The van der Waals surface area contributed by atoms with Crippen molar-refractivity contribution in [3.63, 3.8) is 0 Å². The van der Waals surface area contributed by atoms with E-state index in [1.165, 1.54) is 5.57 Å². The summed E-state index contributed by atoms with van der Waals surface area (Å²) in [6.45, 7) is 6.92. The molecule has 1 heterocycles. The predicted molar refractivity (Wildman–Crippen MR) is 55.8 cm³/mol. The summed E-state index contributed by atoms with van der Waals surface area (Å²) in [5, 5.41) is 9.39. The molecule has 0 aromatic rings. The van der Waals surface area contributed by atoms with Gasteiger partial charge in [0, 0.05) is 18.6 Å². The zero-order valence-corrected chi connectivity index (χ0v) is 9.09. The Morgan fingerprint density at radius 3 is 2.92 bits per heavy atom. The van der Waals surface area contributed by atoms with Crippen LogP contribution < -0.4 is 0 Å². The van der Waals surface area contributed by atoms with Crippen LogP contribution in [0, 0.1) is 5.92 Å². The van der Waals surface area contributed by atoms with Crippen molar-refractivity contribution < 1.29 is 5.11 Å². The SMILES string of the molecule is CC(=CCl)CN1CCC(C(C)O)C1. The minimum absolute atomic E-state index is 0.176. The lowest BCUT2D eigenvalue weighted by atomic mass is 10.0. The summed E-state index contributed by atoms with van der Waals surface area (Å²) in [4.78, 5) is 2.34. The molecule has 2 atom stereocenters. The van der Waals surface area contributed by atoms with E-state index in [4.69, 9.17) is 11.6 Å². The predicted octanol–water partition coefficient (Wildman–Crippen LogP) is 1.83. The Hall–Kier alpha value is -0.0500. The average Bonchev–Trinajstić information content (AvgIpc) is 2.52. The Balaban J connectivity index is 2.33. The zero-order chi connectivity index (χ0) is 9.84. The Bertz CT molecular complexity index is 191. The van der Waals surface area contributed by atoms with Gasteiger partial charge in [-0.2, -0.15) is 0 Å². The first-order chi connectivity index (χ1) is 6.13. The molecule has 0 aromatic carbocycles. The lowest BCUT2D eigenvalue weighted by Gasteiger charge is -2.17. The van der Waals surface area contributed by atoms with E-state index >= 15 is 0 Å². The number of aliphatic hydroxyl groups is 1. The summed E-state index contributed by atoms with van der Waals surface area (Å²) >= 11 is 5.59. The van der Waals surface area contributed by atoms with Crippen molar-refractivity contribution in [1.82, 2.24) is 4.90 Å². The molecule has 1 aliphatic rings. The Morgan fingerprint density at radius 1 is 1.77 bits per heavy atom. The van der Waals surface area contributed by atoms with E-state index < -0.39 is 0 Å². The summed E-state index contributed by atoms with van der Waals surface area (Å²) in [5.74, 6) is 0.447. The van der Waals surface area contributed by atoms with Crippen molar-refractivity contribution in [2.45, 2.75) is 26.4 Å². The van der Waals surface area contributed by atoms with Gasteiger partial charge in [-0.1, -0.05) is 11.6 Å². The van der Waals surface area contributed by atoms with Gasteiger partial charge in [-0.05, 0) is 38.3 Å². The molecule has 13 heavy (non-hydrogen) atoms. The molecule has 3 heteroatoms. The summed E-state index contributed by atoms with van der Waals surface area (Å²) < 4.78 is 0. The molecular weight excluding hydrogens is 186 g/mol. The fourth-order valence-corrected chi connectivity index (χ4v) is 1.86. The highest BCUT2D eigenvalue weighted by Gasteiger charge is 2.25. The van der Waals surface area contributed by atoms with Crippen LogP contribution in [0.15, 0.2) is 11.1 Å². The highest BCUT2D eigenvalue weighted by molar-refractivity contribution is 6.25. The fraction of sp³-hybridized carbons (Fsp3) is 0.800. The molecule has 1 aliphatic heterocycles. The molecule has 0 amide bonds. The monoisotopic (exact) mass is 203 g/mol. The molecule has 0 saturated carbocycles. The third kappa shape index (κ3) is 3.29. The van der Waals surface area contributed by atoms with Crippen molar-refractivity contribution in [2.75, 3.05) is 19.6 Å². The lowest BCUT2D eigenvalue weighted by molar-refractivity contribution is 0.128. The Kier molecular flexibility index (Phi) is 4.23. The van der Waals surface area contributed by atoms with Gasteiger partial charge >= 0.3 is 0 Å². The third-order valence-corrected chi connectivity index (χ3v) is 3.02. The van der Waals surface area contributed by atoms with Crippen LogP contribution in [0.25, 0.3) is 0 Å². The molecule has 2 unspecified atom stereocenters. The van der Waals surface area contributed by atoms with E-state index in [0.717, 1.165) is 26.1 Å². The van der Waals surface area contributed by atoms with Crippen LogP contribution in [0.2, 0.25) is 0 Å². The largest absolute Gasteiger partial charge is 0.393 e. The van der Waals surface area contributed by atoms with Crippen LogP contribution in [0.4, 0.5) is 0 Å². The van der Waals surface area contributed by atoms with E-state index in [2.05, 4.69) is 4.90 Å². The second-order valence-electron chi connectivity index (χ2n) is 3.98. The molecule has 1 rings (SSSR count). The highest BCUT2D eigenvalue weighted by Crippen LogP contribution is 2.20. The first-order valence-electron chi connectivity index (χ1n) is 4.79. The molecule has 0 aromatic heterocycles. The van der Waals surface area contributed by atoms with Crippen molar-refractivity contribution in [2.24, 2.45) is 5.92 Å². The first-order valence-corrected chi connectivity index (χ1v) is 5.23. The maximum atomic E-state index is 9.39. The summed E-state index contributed by atoms with van der Waals surface area (Å²) in [5.41, 5.74) is 2.82. The number of hydrogen-bond acceptors (Lipinski definition) is 2. The van der Waals surface area contributed by atoms with E-state index in [1.54, 1.807) is 5.54 Å². The van der Waals surface area contributed by atoms with Gasteiger partial charge in [0.1, 0.15) is 0 Å². The van der Waals surface area contributed by atoms with Crippen molar-refractivity contribution in [3.8, 4) is 0 Å². The molecule has 76 valence electrons. The van der Waals surface area contributed by atoms with Gasteiger partial charge in [-0.25, -0.2) is 0 Å². The van der Waals surface area contributed by atoms with Crippen LogP contribution >= 0.6 is 11.6 Å². The quantitative estimate of drug-likeness (QED) is 0.757. The van der Waals surface area contributed by atoms with Crippen LogP contribution in [0.5, 0.6) is 0 Å². The van der Waals surface area contributed by atoms with Gasteiger partial charge in [-0.3, -0.25) is 4.90 Å². The standard InChI is InChI=1S/C10H18ClNO/c1-8(5-11)6-12-4-3-10(7-12)9(2)13/h5,9-10,13H,3-4,6-7H2,1-2H3. The smallest absolute Gasteiger partial charge is 0.0552 e. The van der Waals surface area contributed by atoms with E-state index in [-0.39, 0.29) is 6.10 Å². The molecule has 1 fully saturated rings. The normalized spacial score (nSPS) is 28.0. The highest BCUT2D eigenvalue weighted by atomic mass is 35.5. The molecule has 1 N–H and O–H groups in total. The van der Waals surface area contributed by atoms with Gasteiger partial charge < -0.3 is 5.11 Å². The average molecular weight is 204 g/mol. The second kappa shape index (κ2) is 4.99. The maximum Gasteiger partial charge on any atom is 0.0552 e. The van der Waals surface area contributed by atoms with Crippen LogP contribution in [-0.4, -0.2) is 35.7 Å². The summed E-state index contributed by atoms with van der Waals surface area (Å²) in [6, 6.07) is 0. The third-order valence-electron chi connectivity index (χ3n) is 2.65. The van der Waals surface area contributed by atoms with Crippen LogP contribution in [0.1, 0.15) is 20.3 Å². The van der Waals surface area contributed by atoms with E-state index in [0.29, 0.717) is 5.92 Å². The maximum absolute atomic E-state index is 9.39. The number of aliphatic hydroxyl groups excluding tert-OH is 1. The number of rotatable bonds is 3. The number of hydrogen-bond donors (Lipinski definition) is 1. The van der Waals surface area contributed by atoms with Crippen LogP contribution in [0.3, 0.4) is 0 Å². The molecular formula is C10H18ClNO. The van der Waals surface area contributed by atoms with E-state index in [1.807, 2.05) is 13.8 Å². The minimum atomic E-state index is -0.176. The molecule has 0 aliphatic carbocycles. The summed E-state index contributed by atoms with van der Waals surface area (Å²) in [7, 11) is 0. The van der Waals surface area contributed by atoms with E-state index in [9.17, 15) is 5.11 Å².